The number of benzene rings is 2. The summed E-state index contributed by atoms with van der Waals surface area (Å²) < 4.78 is 32.5. The third-order valence-electron chi connectivity index (χ3n) is 4.79. The average Bonchev–Trinajstić information content (AvgIpc) is 2.65. The molecule has 7 heteroatoms. The predicted molar refractivity (Wildman–Crippen MR) is 105 cm³/mol. The van der Waals surface area contributed by atoms with Crippen LogP contribution in [0.15, 0.2) is 47.4 Å². The van der Waals surface area contributed by atoms with Gasteiger partial charge in [0.2, 0.25) is 10.0 Å². The van der Waals surface area contributed by atoms with Gasteiger partial charge < -0.3 is 4.74 Å². The van der Waals surface area contributed by atoms with E-state index in [-0.39, 0.29) is 14.9 Å². The molecule has 0 aliphatic carbocycles. The molecule has 1 heterocycles. The standard InChI is InChI=1S/C19H21Cl2NO3S/c1-25-16-7-8-17(19(21)18(16)20)26(23,24)22-11-9-15(10-12-22)13-14-5-3-2-4-6-14/h2-8,15H,9-13H2,1H3. The lowest BCUT2D eigenvalue weighted by molar-refractivity contribution is 0.273. The lowest BCUT2D eigenvalue weighted by atomic mass is 9.91. The van der Waals surface area contributed by atoms with Gasteiger partial charge >= 0.3 is 0 Å². The zero-order chi connectivity index (χ0) is 18.7. The lowest BCUT2D eigenvalue weighted by Gasteiger charge is -2.31. The van der Waals surface area contributed by atoms with Gasteiger partial charge in [-0.1, -0.05) is 53.5 Å². The number of rotatable bonds is 5. The largest absolute Gasteiger partial charge is 0.495 e. The summed E-state index contributed by atoms with van der Waals surface area (Å²) in [5.74, 6) is 0.843. The maximum atomic E-state index is 13.0. The molecule has 0 N–H and O–H groups in total. The molecule has 1 aliphatic heterocycles. The van der Waals surface area contributed by atoms with E-state index in [0.717, 1.165) is 19.3 Å². The van der Waals surface area contributed by atoms with E-state index in [1.165, 1.54) is 29.1 Å². The van der Waals surface area contributed by atoms with Gasteiger partial charge in [-0.3, -0.25) is 0 Å². The summed E-state index contributed by atoms with van der Waals surface area (Å²) >= 11 is 12.3. The number of sulfonamides is 1. The third kappa shape index (κ3) is 4.01. The van der Waals surface area contributed by atoms with Crippen molar-refractivity contribution in [1.82, 2.24) is 4.31 Å². The molecule has 2 aromatic rings. The van der Waals surface area contributed by atoms with Gasteiger partial charge in [0.05, 0.1) is 12.1 Å². The normalized spacial score (nSPS) is 16.6. The smallest absolute Gasteiger partial charge is 0.244 e. The summed E-state index contributed by atoms with van der Waals surface area (Å²) in [6, 6.07) is 13.3. The minimum atomic E-state index is -3.68. The van der Waals surface area contributed by atoms with Crippen molar-refractivity contribution in [3.8, 4) is 5.75 Å². The van der Waals surface area contributed by atoms with Gasteiger partial charge in [0.15, 0.2) is 0 Å². The average molecular weight is 414 g/mol. The molecule has 0 spiro atoms. The van der Waals surface area contributed by atoms with Gasteiger partial charge in [-0.05, 0) is 42.9 Å². The number of hydrogen-bond acceptors (Lipinski definition) is 3. The van der Waals surface area contributed by atoms with Crippen LogP contribution >= 0.6 is 23.2 Å². The van der Waals surface area contributed by atoms with Crippen molar-refractivity contribution < 1.29 is 13.2 Å². The summed E-state index contributed by atoms with van der Waals surface area (Å²) in [6.07, 6.45) is 2.63. The fourth-order valence-corrected chi connectivity index (χ4v) is 5.60. The van der Waals surface area contributed by atoms with E-state index in [4.69, 9.17) is 27.9 Å². The molecule has 0 amide bonds. The highest BCUT2D eigenvalue weighted by molar-refractivity contribution is 7.89. The molecule has 0 unspecified atom stereocenters. The van der Waals surface area contributed by atoms with Crippen LogP contribution in [0.1, 0.15) is 18.4 Å². The van der Waals surface area contributed by atoms with Crippen LogP contribution in [-0.4, -0.2) is 32.9 Å². The first-order chi connectivity index (χ1) is 12.4. The Morgan fingerprint density at radius 3 is 2.31 bits per heavy atom. The Hall–Kier alpha value is -1.27. The van der Waals surface area contributed by atoms with Gasteiger partial charge in [-0.25, -0.2) is 8.42 Å². The summed E-state index contributed by atoms with van der Waals surface area (Å²) in [6.45, 7) is 0.972. The molecule has 0 bridgehead atoms. The van der Waals surface area contributed by atoms with Crippen LogP contribution < -0.4 is 4.74 Å². The zero-order valence-corrected chi connectivity index (χ0v) is 16.8. The molecular weight excluding hydrogens is 393 g/mol. The zero-order valence-electron chi connectivity index (χ0n) is 14.5. The summed E-state index contributed by atoms with van der Waals surface area (Å²) in [4.78, 5) is 0.0338. The van der Waals surface area contributed by atoms with Crippen molar-refractivity contribution in [2.45, 2.75) is 24.2 Å². The van der Waals surface area contributed by atoms with E-state index in [0.29, 0.717) is 24.8 Å². The summed E-state index contributed by atoms with van der Waals surface area (Å²) in [7, 11) is -2.21. The first-order valence-electron chi connectivity index (χ1n) is 8.49. The highest BCUT2D eigenvalue weighted by atomic mass is 35.5. The Bertz CT molecular complexity index is 864. The van der Waals surface area contributed by atoms with Crippen LogP contribution in [0.2, 0.25) is 10.0 Å². The lowest BCUT2D eigenvalue weighted by Crippen LogP contribution is -2.39. The van der Waals surface area contributed by atoms with Crippen molar-refractivity contribution in [2.24, 2.45) is 5.92 Å². The van der Waals surface area contributed by atoms with Crippen molar-refractivity contribution in [3.63, 3.8) is 0 Å². The van der Waals surface area contributed by atoms with Crippen LogP contribution in [-0.2, 0) is 16.4 Å². The number of methoxy groups -OCH3 is 1. The van der Waals surface area contributed by atoms with Gasteiger partial charge in [-0.2, -0.15) is 4.31 Å². The first-order valence-corrected chi connectivity index (χ1v) is 10.7. The second kappa shape index (κ2) is 8.17. The van der Waals surface area contributed by atoms with Gasteiger partial charge in [0.25, 0.3) is 0 Å². The van der Waals surface area contributed by atoms with Gasteiger partial charge in [0, 0.05) is 13.1 Å². The van der Waals surface area contributed by atoms with Crippen molar-refractivity contribution in [2.75, 3.05) is 20.2 Å². The fourth-order valence-electron chi connectivity index (χ4n) is 3.31. The second-order valence-electron chi connectivity index (χ2n) is 6.43. The SMILES string of the molecule is COc1ccc(S(=O)(=O)N2CCC(Cc3ccccc3)CC2)c(Cl)c1Cl. The Morgan fingerprint density at radius 1 is 1.04 bits per heavy atom. The Morgan fingerprint density at radius 2 is 1.69 bits per heavy atom. The minimum absolute atomic E-state index is 0.0115. The second-order valence-corrected chi connectivity index (χ2v) is 9.09. The van der Waals surface area contributed by atoms with Crippen LogP contribution in [0.25, 0.3) is 0 Å². The Labute approximate surface area is 164 Å². The maximum Gasteiger partial charge on any atom is 0.244 e. The molecule has 0 saturated carbocycles. The fraction of sp³-hybridized carbons (Fsp3) is 0.368. The number of hydrogen-bond donors (Lipinski definition) is 0. The molecule has 3 rings (SSSR count). The molecule has 0 radical (unpaired) electrons. The molecule has 0 atom stereocenters. The maximum absolute atomic E-state index is 13.0. The van der Waals surface area contributed by atoms with Crippen molar-refractivity contribution in [3.05, 3.63) is 58.1 Å². The highest BCUT2D eigenvalue weighted by Gasteiger charge is 2.32. The number of halogens is 2. The molecule has 1 aliphatic rings. The molecule has 140 valence electrons. The third-order valence-corrected chi connectivity index (χ3v) is 7.71. The molecular formula is C19H21Cl2NO3S. The van der Waals surface area contributed by atoms with Gasteiger partial charge in [0.1, 0.15) is 15.7 Å². The molecule has 1 fully saturated rings. The number of piperidine rings is 1. The van der Waals surface area contributed by atoms with Crippen LogP contribution in [0.4, 0.5) is 0 Å². The number of ether oxygens (including phenoxy) is 1. The van der Waals surface area contributed by atoms with E-state index >= 15 is 0 Å². The highest BCUT2D eigenvalue weighted by Crippen LogP contribution is 2.38. The van der Waals surface area contributed by atoms with Crippen molar-refractivity contribution in [1.29, 1.82) is 0 Å². The topological polar surface area (TPSA) is 46.6 Å². The minimum Gasteiger partial charge on any atom is -0.495 e. The van der Waals surface area contributed by atoms with Crippen LogP contribution in [0.5, 0.6) is 5.75 Å². The summed E-state index contributed by atoms with van der Waals surface area (Å²) in [5.41, 5.74) is 1.29. The monoisotopic (exact) mass is 413 g/mol. The predicted octanol–water partition coefficient (Wildman–Crippen LogP) is 4.65. The number of nitrogens with zero attached hydrogens (tertiary/aromatic N) is 1. The van der Waals surface area contributed by atoms with E-state index in [1.54, 1.807) is 0 Å². The van der Waals surface area contributed by atoms with E-state index in [1.807, 2.05) is 18.2 Å². The molecule has 0 aromatic heterocycles. The quantitative estimate of drug-likeness (QED) is 0.716. The first kappa shape index (κ1) is 19.5. The molecule has 1 saturated heterocycles. The summed E-state index contributed by atoms with van der Waals surface area (Å²) in [5, 5.41) is 0.131. The van der Waals surface area contributed by atoms with E-state index in [9.17, 15) is 8.42 Å². The molecule has 26 heavy (non-hydrogen) atoms. The van der Waals surface area contributed by atoms with Gasteiger partial charge in [-0.15, -0.1) is 0 Å². The Kier molecular flexibility index (Phi) is 6.13. The van der Waals surface area contributed by atoms with Crippen LogP contribution in [0.3, 0.4) is 0 Å². The Balaban J connectivity index is 1.71. The molecule has 2 aromatic carbocycles. The van der Waals surface area contributed by atoms with Crippen LogP contribution in [0, 0.1) is 5.92 Å². The van der Waals surface area contributed by atoms with E-state index in [2.05, 4.69) is 12.1 Å². The molecule has 4 nitrogen and oxygen atoms in total. The van der Waals surface area contributed by atoms with E-state index < -0.39 is 10.0 Å². The van der Waals surface area contributed by atoms with Crippen molar-refractivity contribution >= 4 is 33.2 Å².